The number of nitrogens with zero attached hydrogens (tertiary/aromatic N) is 1. The van der Waals surface area contributed by atoms with E-state index in [0.717, 1.165) is 47.9 Å². The predicted molar refractivity (Wildman–Crippen MR) is 89.2 cm³/mol. The van der Waals surface area contributed by atoms with Gasteiger partial charge in [-0.1, -0.05) is 11.8 Å². The molecule has 1 aliphatic heterocycles. The van der Waals surface area contributed by atoms with Gasteiger partial charge in [0.2, 0.25) is 5.91 Å². The predicted octanol–water partition coefficient (Wildman–Crippen LogP) is 1.61. The van der Waals surface area contributed by atoms with E-state index in [-0.39, 0.29) is 17.2 Å². The summed E-state index contributed by atoms with van der Waals surface area (Å²) in [5.74, 6) is -1.85. The SMILES string of the molecule is NC1=NC(=O)C(CC(=O)Nc2sc3c(c2C(=O)O)CCCC3)S1. The zero-order valence-corrected chi connectivity index (χ0v) is 13.8. The summed E-state index contributed by atoms with van der Waals surface area (Å²) in [5.41, 5.74) is 6.49. The van der Waals surface area contributed by atoms with Crippen molar-refractivity contribution in [2.24, 2.45) is 10.7 Å². The first-order chi connectivity index (χ1) is 11.0. The number of anilines is 1. The van der Waals surface area contributed by atoms with Gasteiger partial charge in [0.1, 0.15) is 10.3 Å². The number of rotatable bonds is 4. The largest absolute Gasteiger partial charge is 0.478 e. The molecular weight excluding hydrogens is 338 g/mol. The number of amides is 2. The summed E-state index contributed by atoms with van der Waals surface area (Å²) in [6, 6.07) is 0. The molecule has 1 atom stereocenters. The highest BCUT2D eigenvalue weighted by Gasteiger charge is 2.31. The molecule has 0 saturated carbocycles. The minimum atomic E-state index is -1.03. The lowest BCUT2D eigenvalue weighted by Gasteiger charge is -2.10. The first-order valence-electron chi connectivity index (χ1n) is 7.18. The average molecular weight is 353 g/mol. The van der Waals surface area contributed by atoms with Crippen molar-refractivity contribution in [3.63, 3.8) is 0 Å². The number of fused-ring (bicyclic) bond motifs is 1. The molecule has 0 spiro atoms. The number of carboxylic acids is 1. The Hall–Kier alpha value is -1.87. The monoisotopic (exact) mass is 353 g/mol. The Labute approximate surface area is 140 Å². The normalized spacial score (nSPS) is 20.1. The highest BCUT2D eigenvalue weighted by Crippen LogP contribution is 2.38. The molecule has 7 nitrogen and oxygen atoms in total. The van der Waals surface area contributed by atoms with Crippen molar-refractivity contribution in [2.45, 2.75) is 37.4 Å². The van der Waals surface area contributed by atoms with Crippen LogP contribution >= 0.6 is 23.1 Å². The maximum absolute atomic E-state index is 12.2. The number of nitrogens with one attached hydrogen (secondary N) is 1. The molecule has 0 saturated heterocycles. The Morgan fingerprint density at radius 1 is 1.35 bits per heavy atom. The number of nitrogens with two attached hydrogens (primary N) is 1. The zero-order chi connectivity index (χ0) is 16.6. The van der Waals surface area contributed by atoms with E-state index in [9.17, 15) is 19.5 Å². The van der Waals surface area contributed by atoms with E-state index in [0.29, 0.717) is 5.00 Å². The standard InChI is InChI=1S/C14H15N3O4S2/c15-14-17-11(19)8(23-14)5-9(18)16-12-10(13(20)21)6-3-1-2-4-7(6)22-12/h8H,1-5H2,(H,16,18)(H,20,21)(H2,15,17,19). The van der Waals surface area contributed by atoms with E-state index >= 15 is 0 Å². The van der Waals surface area contributed by atoms with E-state index in [2.05, 4.69) is 10.3 Å². The second kappa shape index (κ2) is 6.32. The first-order valence-corrected chi connectivity index (χ1v) is 8.87. The molecule has 1 aliphatic carbocycles. The van der Waals surface area contributed by atoms with Crippen molar-refractivity contribution in [3.8, 4) is 0 Å². The smallest absolute Gasteiger partial charge is 0.339 e. The second-order valence-electron chi connectivity index (χ2n) is 5.37. The number of carboxylic acid groups (broad SMARTS) is 1. The van der Waals surface area contributed by atoms with Gasteiger partial charge in [0.05, 0.1) is 5.56 Å². The number of amidine groups is 1. The van der Waals surface area contributed by atoms with Crippen molar-refractivity contribution in [1.82, 2.24) is 0 Å². The van der Waals surface area contributed by atoms with Gasteiger partial charge in [-0.2, -0.15) is 4.99 Å². The highest BCUT2D eigenvalue weighted by molar-refractivity contribution is 8.15. The molecule has 122 valence electrons. The number of thioether (sulfide) groups is 1. The molecule has 9 heteroatoms. The van der Waals surface area contributed by atoms with Crippen LogP contribution in [-0.2, 0) is 22.4 Å². The molecule has 3 rings (SSSR count). The van der Waals surface area contributed by atoms with Crippen LogP contribution in [-0.4, -0.2) is 33.3 Å². The van der Waals surface area contributed by atoms with E-state index in [1.165, 1.54) is 11.3 Å². The molecule has 0 bridgehead atoms. The summed E-state index contributed by atoms with van der Waals surface area (Å²) in [5, 5.41) is 12.0. The molecule has 4 N–H and O–H groups in total. The van der Waals surface area contributed by atoms with Crippen molar-refractivity contribution < 1.29 is 19.5 Å². The molecule has 1 unspecified atom stereocenters. The van der Waals surface area contributed by atoms with Crippen molar-refractivity contribution in [2.75, 3.05) is 5.32 Å². The van der Waals surface area contributed by atoms with Gasteiger partial charge in [-0.05, 0) is 31.2 Å². The summed E-state index contributed by atoms with van der Waals surface area (Å²) >= 11 is 2.37. The summed E-state index contributed by atoms with van der Waals surface area (Å²) in [6.45, 7) is 0. The molecule has 1 aromatic heterocycles. The van der Waals surface area contributed by atoms with Gasteiger partial charge in [0.25, 0.3) is 5.91 Å². The van der Waals surface area contributed by atoms with Crippen LogP contribution < -0.4 is 11.1 Å². The van der Waals surface area contributed by atoms with Gasteiger partial charge in [-0.25, -0.2) is 4.79 Å². The Bertz CT molecular complexity index is 726. The van der Waals surface area contributed by atoms with Gasteiger partial charge in [-0.3, -0.25) is 9.59 Å². The minimum absolute atomic E-state index is 0.0741. The number of aromatic carboxylic acids is 1. The van der Waals surface area contributed by atoms with Gasteiger partial charge in [0, 0.05) is 11.3 Å². The lowest BCUT2D eigenvalue weighted by atomic mass is 9.95. The third-order valence-electron chi connectivity index (χ3n) is 3.77. The molecule has 2 amide bonds. The van der Waals surface area contributed by atoms with Crippen LogP contribution in [0.3, 0.4) is 0 Å². The Balaban J connectivity index is 1.75. The summed E-state index contributed by atoms with van der Waals surface area (Å²) < 4.78 is 0. The Kier molecular flexibility index (Phi) is 4.40. The van der Waals surface area contributed by atoms with Crippen LogP contribution in [0.15, 0.2) is 4.99 Å². The average Bonchev–Trinajstić information content (AvgIpc) is 2.98. The quantitative estimate of drug-likeness (QED) is 0.756. The molecule has 0 aromatic carbocycles. The lowest BCUT2D eigenvalue weighted by Crippen LogP contribution is -2.22. The van der Waals surface area contributed by atoms with Crippen LogP contribution in [0.2, 0.25) is 0 Å². The fourth-order valence-electron chi connectivity index (χ4n) is 2.76. The summed E-state index contributed by atoms with van der Waals surface area (Å²) in [4.78, 5) is 39.8. The van der Waals surface area contributed by atoms with Gasteiger partial charge in [0.15, 0.2) is 5.17 Å². The third kappa shape index (κ3) is 3.25. The van der Waals surface area contributed by atoms with Gasteiger partial charge in [-0.15, -0.1) is 11.3 Å². The maximum atomic E-state index is 12.2. The van der Waals surface area contributed by atoms with E-state index in [4.69, 9.17) is 5.73 Å². The summed E-state index contributed by atoms with van der Waals surface area (Å²) in [6.07, 6.45) is 3.49. The molecule has 0 fully saturated rings. The molecule has 2 aliphatic rings. The Morgan fingerprint density at radius 3 is 2.74 bits per heavy atom. The van der Waals surface area contributed by atoms with Crippen molar-refractivity contribution >= 4 is 51.1 Å². The molecule has 23 heavy (non-hydrogen) atoms. The maximum Gasteiger partial charge on any atom is 0.339 e. The second-order valence-corrected chi connectivity index (χ2v) is 7.70. The number of hydrogen-bond acceptors (Lipinski definition) is 6. The number of hydrogen-bond donors (Lipinski definition) is 3. The first kappa shape index (κ1) is 16.0. The van der Waals surface area contributed by atoms with Crippen LogP contribution in [0, 0.1) is 0 Å². The molecular formula is C14H15N3O4S2. The third-order valence-corrected chi connectivity index (χ3v) is 5.96. The zero-order valence-electron chi connectivity index (χ0n) is 12.1. The fourth-order valence-corrected chi connectivity index (χ4v) is 4.88. The van der Waals surface area contributed by atoms with Crippen LogP contribution in [0.25, 0.3) is 0 Å². The Morgan fingerprint density at radius 2 is 2.09 bits per heavy atom. The topological polar surface area (TPSA) is 122 Å². The van der Waals surface area contributed by atoms with Crippen molar-refractivity contribution in [3.05, 3.63) is 16.0 Å². The van der Waals surface area contributed by atoms with Crippen LogP contribution in [0.5, 0.6) is 0 Å². The fraction of sp³-hybridized carbons (Fsp3) is 0.429. The number of carbonyl (C=O) groups excluding carboxylic acids is 2. The number of aryl methyl sites for hydroxylation is 1. The summed E-state index contributed by atoms with van der Waals surface area (Å²) in [7, 11) is 0. The van der Waals surface area contributed by atoms with Crippen molar-refractivity contribution in [1.29, 1.82) is 0 Å². The van der Waals surface area contributed by atoms with Crippen LogP contribution in [0.1, 0.15) is 40.1 Å². The van der Waals surface area contributed by atoms with Gasteiger partial charge < -0.3 is 16.2 Å². The molecule has 1 aromatic rings. The lowest BCUT2D eigenvalue weighted by molar-refractivity contribution is -0.121. The van der Waals surface area contributed by atoms with E-state index in [1.54, 1.807) is 0 Å². The van der Waals surface area contributed by atoms with E-state index < -0.39 is 23.0 Å². The number of carbonyl (C=O) groups is 3. The molecule has 0 radical (unpaired) electrons. The van der Waals surface area contributed by atoms with E-state index in [1.807, 2.05) is 0 Å². The van der Waals surface area contributed by atoms with Gasteiger partial charge >= 0.3 is 5.97 Å². The number of aliphatic imine (C=N–C) groups is 1. The van der Waals surface area contributed by atoms with Crippen LogP contribution in [0.4, 0.5) is 5.00 Å². The number of thiophene rings is 1. The molecule has 2 heterocycles. The highest BCUT2D eigenvalue weighted by atomic mass is 32.2. The minimum Gasteiger partial charge on any atom is -0.478 e.